The van der Waals surface area contributed by atoms with Crippen LogP contribution in [0.2, 0.25) is 0 Å². The standard InChI is InChI=1S/C24H32FN3O/c1-17(2)15-23(26-3)24(29)28(22-11-7-19(25)8-12-22)16-18-5-9-20(10-6-18)27(4)21-13-14-21/h5-12,17,21,23,26H,13-16H2,1-4H3. The number of benzene rings is 2. The highest BCUT2D eigenvalue weighted by atomic mass is 19.1. The fourth-order valence-electron chi connectivity index (χ4n) is 3.61. The summed E-state index contributed by atoms with van der Waals surface area (Å²) in [5.41, 5.74) is 2.96. The van der Waals surface area contributed by atoms with Crippen LogP contribution in [0, 0.1) is 11.7 Å². The monoisotopic (exact) mass is 397 g/mol. The fraction of sp³-hybridized carbons (Fsp3) is 0.458. The summed E-state index contributed by atoms with van der Waals surface area (Å²) < 4.78 is 13.4. The van der Waals surface area contributed by atoms with E-state index >= 15 is 0 Å². The van der Waals surface area contributed by atoms with E-state index in [9.17, 15) is 9.18 Å². The van der Waals surface area contributed by atoms with Crippen LogP contribution in [0.4, 0.5) is 15.8 Å². The van der Waals surface area contributed by atoms with Gasteiger partial charge in [0.05, 0.1) is 12.6 Å². The van der Waals surface area contributed by atoms with Crippen LogP contribution >= 0.6 is 0 Å². The van der Waals surface area contributed by atoms with Gasteiger partial charge in [0.25, 0.3) is 0 Å². The van der Waals surface area contributed by atoms with E-state index in [1.54, 1.807) is 17.0 Å². The molecule has 0 spiro atoms. The molecule has 1 aliphatic carbocycles. The Labute approximate surface area is 173 Å². The second kappa shape index (κ2) is 9.40. The van der Waals surface area contributed by atoms with Gasteiger partial charge in [-0.15, -0.1) is 0 Å². The number of halogens is 1. The van der Waals surface area contributed by atoms with Crippen molar-refractivity contribution in [1.29, 1.82) is 0 Å². The van der Waals surface area contributed by atoms with Gasteiger partial charge in [-0.2, -0.15) is 0 Å². The highest BCUT2D eigenvalue weighted by Crippen LogP contribution is 2.30. The number of rotatable bonds is 9. The Balaban J connectivity index is 1.82. The van der Waals surface area contributed by atoms with Gasteiger partial charge in [0.2, 0.25) is 5.91 Å². The van der Waals surface area contributed by atoms with Gasteiger partial charge < -0.3 is 15.1 Å². The largest absolute Gasteiger partial charge is 0.372 e. The van der Waals surface area contributed by atoms with E-state index in [4.69, 9.17) is 0 Å². The van der Waals surface area contributed by atoms with Gasteiger partial charge in [0.15, 0.2) is 0 Å². The van der Waals surface area contributed by atoms with Crippen LogP contribution in [0.15, 0.2) is 48.5 Å². The first kappa shape index (κ1) is 21.3. The van der Waals surface area contributed by atoms with Crippen molar-refractivity contribution in [1.82, 2.24) is 5.32 Å². The minimum absolute atomic E-state index is 0.00647. The molecule has 0 saturated heterocycles. The molecule has 3 rings (SSSR count). The van der Waals surface area contributed by atoms with Crippen LogP contribution in [-0.4, -0.2) is 32.1 Å². The minimum Gasteiger partial charge on any atom is -0.372 e. The van der Waals surface area contributed by atoms with Crippen LogP contribution in [0.1, 0.15) is 38.7 Å². The Morgan fingerprint density at radius 2 is 1.66 bits per heavy atom. The molecule has 1 aliphatic rings. The molecule has 0 heterocycles. The molecule has 0 bridgehead atoms. The molecule has 0 aliphatic heterocycles. The van der Waals surface area contributed by atoms with Crippen molar-refractivity contribution in [2.75, 3.05) is 23.9 Å². The lowest BCUT2D eigenvalue weighted by Crippen LogP contribution is -2.45. The van der Waals surface area contributed by atoms with Crippen LogP contribution in [0.3, 0.4) is 0 Å². The average molecular weight is 398 g/mol. The van der Waals surface area contributed by atoms with Gasteiger partial charge in [0, 0.05) is 24.5 Å². The maximum Gasteiger partial charge on any atom is 0.244 e. The van der Waals surface area contributed by atoms with Gasteiger partial charge in [-0.1, -0.05) is 26.0 Å². The third-order valence-corrected chi connectivity index (χ3v) is 5.54. The number of hydrogen-bond acceptors (Lipinski definition) is 3. The number of nitrogens with one attached hydrogen (secondary N) is 1. The first-order valence-electron chi connectivity index (χ1n) is 10.4. The van der Waals surface area contributed by atoms with Gasteiger partial charge >= 0.3 is 0 Å². The van der Waals surface area contributed by atoms with Gasteiger partial charge in [-0.05, 0) is 74.2 Å². The predicted molar refractivity (Wildman–Crippen MR) is 118 cm³/mol. The smallest absolute Gasteiger partial charge is 0.244 e. The van der Waals surface area contributed by atoms with Crippen molar-refractivity contribution in [3.8, 4) is 0 Å². The van der Waals surface area contributed by atoms with Crippen molar-refractivity contribution < 1.29 is 9.18 Å². The summed E-state index contributed by atoms with van der Waals surface area (Å²) in [6.45, 7) is 4.66. The molecule has 5 heteroatoms. The molecule has 2 aromatic rings. The first-order valence-corrected chi connectivity index (χ1v) is 10.4. The molecular weight excluding hydrogens is 365 g/mol. The maximum atomic E-state index is 13.4. The van der Waals surface area contributed by atoms with E-state index < -0.39 is 0 Å². The maximum absolute atomic E-state index is 13.4. The zero-order chi connectivity index (χ0) is 21.0. The Bertz CT molecular complexity index is 800. The molecule has 2 aromatic carbocycles. The summed E-state index contributed by atoms with van der Waals surface area (Å²) in [6, 6.07) is 14.9. The van der Waals surface area contributed by atoms with Crippen molar-refractivity contribution in [2.24, 2.45) is 5.92 Å². The lowest BCUT2D eigenvalue weighted by Gasteiger charge is -2.28. The van der Waals surface area contributed by atoms with E-state index in [2.05, 4.69) is 55.4 Å². The minimum atomic E-state index is -0.305. The average Bonchev–Trinajstić information content (AvgIpc) is 3.56. The van der Waals surface area contributed by atoms with E-state index in [0.29, 0.717) is 24.2 Å². The van der Waals surface area contributed by atoms with Gasteiger partial charge in [0.1, 0.15) is 5.82 Å². The summed E-state index contributed by atoms with van der Waals surface area (Å²) >= 11 is 0. The van der Waals surface area contributed by atoms with E-state index in [0.717, 1.165) is 12.0 Å². The summed E-state index contributed by atoms with van der Waals surface area (Å²) in [7, 11) is 3.95. The number of carbonyl (C=O) groups is 1. The van der Waals surface area contributed by atoms with E-state index in [1.165, 1.54) is 30.7 Å². The SMILES string of the molecule is CNC(CC(C)C)C(=O)N(Cc1ccc(N(C)C2CC2)cc1)c1ccc(F)cc1. The summed E-state index contributed by atoms with van der Waals surface area (Å²) in [4.78, 5) is 17.4. The summed E-state index contributed by atoms with van der Waals surface area (Å²) in [5.74, 6) is 0.0941. The summed E-state index contributed by atoms with van der Waals surface area (Å²) in [6.07, 6.45) is 3.26. The lowest BCUT2D eigenvalue weighted by atomic mass is 10.0. The zero-order valence-corrected chi connectivity index (χ0v) is 17.9. The van der Waals surface area contributed by atoms with Crippen molar-refractivity contribution in [3.05, 3.63) is 59.9 Å². The molecule has 4 nitrogen and oxygen atoms in total. The second-order valence-electron chi connectivity index (χ2n) is 8.38. The number of amides is 1. The third kappa shape index (κ3) is 5.57. The Morgan fingerprint density at radius 3 is 2.17 bits per heavy atom. The normalized spacial score (nSPS) is 14.7. The number of nitrogens with zero attached hydrogens (tertiary/aromatic N) is 2. The molecule has 1 unspecified atom stereocenters. The van der Waals surface area contributed by atoms with E-state index in [-0.39, 0.29) is 17.8 Å². The number of hydrogen-bond donors (Lipinski definition) is 1. The molecule has 1 amide bonds. The van der Waals surface area contributed by atoms with E-state index in [1.807, 2.05) is 7.05 Å². The van der Waals surface area contributed by atoms with Crippen LogP contribution < -0.4 is 15.1 Å². The fourth-order valence-corrected chi connectivity index (χ4v) is 3.61. The Morgan fingerprint density at radius 1 is 1.07 bits per heavy atom. The summed E-state index contributed by atoms with van der Waals surface area (Å²) in [5, 5.41) is 3.15. The van der Waals surface area contributed by atoms with Crippen LogP contribution in [0.25, 0.3) is 0 Å². The molecule has 156 valence electrons. The zero-order valence-electron chi connectivity index (χ0n) is 17.9. The van der Waals surface area contributed by atoms with Crippen LogP contribution in [0.5, 0.6) is 0 Å². The number of carbonyl (C=O) groups excluding carboxylic acids is 1. The molecule has 1 atom stereocenters. The highest BCUT2D eigenvalue weighted by molar-refractivity contribution is 5.97. The van der Waals surface area contributed by atoms with Crippen molar-refractivity contribution in [3.63, 3.8) is 0 Å². The Hall–Kier alpha value is -2.40. The highest BCUT2D eigenvalue weighted by Gasteiger charge is 2.27. The van der Waals surface area contributed by atoms with Crippen LogP contribution in [-0.2, 0) is 11.3 Å². The molecule has 29 heavy (non-hydrogen) atoms. The number of likely N-dealkylation sites (N-methyl/N-ethyl adjacent to an activating group) is 1. The molecular formula is C24H32FN3O. The predicted octanol–water partition coefficient (Wildman–Crippen LogP) is 4.59. The lowest BCUT2D eigenvalue weighted by molar-refractivity contribution is -0.121. The molecule has 1 saturated carbocycles. The topological polar surface area (TPSA) is 35.6 Å². The quantitative estimate of drug-likeness (QED) is 0.672. The second-order valence-corrected chi connectivity index (χ2v) is 8.38. The van der Waals surface area contributed by atoms with Crippen molar-refractivity contribution in [2.45, 2.75) is 51.7 Å². The first-order chi connectivity index (χ1) is 13.9. The molecule has 1 fully saturated rings. The number of anilines is 2. The third-order valence-electron chi connectivity index (χ3n) is 5.54. The van der Waals surface area contributed by atoms with Gasteiger partial charge in [-0.3, -0.25) is 4.79 Å². The Kier molecular flexibility index (Phi) is 6.91. The van der Waals surface area contributed by atoms with Gasteiger partial charge in [-0.25, -0.2) is 4.39 Å². The molecule has 1 N–H and O–H groups in total. The molecule has 0 radical (unpaired) electrons. The molecule has 0 aromatic heterocycles. The van der Waals surface area contributed by atoms with Crippen molar-refractivity contribution >= 4 is 17.3 Å².